The number of benzene rings is 1. The Morgan fingerprint density at radius 3 is 2.05 bits per heavy atom. The number of hydrogen-bond acceptors (Lipinski definition) is 1. The van der Waals surface area contributed by atoms with E-state index in [1.165, 1.54) is 0 Å². The van der Waals surface area contributed by atoms with Gasteiger partial charge < -0.3 is 4.74 Å². The minimum Gasteiger partial charge on any atom is -0.422 e. The van der Waals surface area contributed by atoms with E-state index in [1.807, 2.05) is 0 Å². The first-order valence-corrected chi connectivity index (χ1v) is 7.98. The second-order valence-corrected chi connectivity index (χ2v) is 5.97. The third kappa shape index (κ3) is 4.00. The Bertz CT molecular complexity index is 540. The summed E-state index contributed by atoms with van der Waals surface area (Å²) in [7, 11) is 0. The summed E-state index contributed by atoms with van der Waals surface area (Å²) >= 11 is 3.42. The van der Waals surface area contributed by atoms with Crippen LogP contribution in [0.5, 0.6) is 5.75 Å². The SMILES string of the molecule is FC(F)=C(F)Oc1c(F)cc(C2CCC(CBr)CC2)cc1F. The maximum absolute atomic E-state index is 13.8. The summed E-state index contributed by atoms with van der Waals surface area (Å²) in [6, 6.07) is -0.245. The van der Waals surface area contributed by atoms with Crippen molar-refractivity contribution >= 4 is 15.9 Å². The van der Waals surface area contributed by atoms with Crippen molar-refractivity contribution in [3.05, 3.63) is 41.4 Å². The van der Waals surface area contributed by atoms with Crippen molar-refractivity contribution in [1.29, 1.82) is 0 Å². The van der Waals surface area contributed by atoms with Crippen molar-refractivity contribution < 1.29 is 26.7 Å². The summed E-state index contributed by atoms with van der Waals surface area (Å²) in [6.45, 7) is 0. The van der Waals surface area contributed by atoms with Gasteiger partial charge in [0.25, 0.3) is 0 Å². The maximum Gasteiger partial charge on any atom is 0.344 e. The standard InChI is InChI=1S/C15H14BrF5O/c16-7-8-1-3-9(4-2-8)10-5-11(17)13(12(18)6-10)22-15(21)14(19)20/h5-6,8-9H,1-4,7H2. The van der Waals surface area contributed by atoms with Crippen molar-refractivity contribution in [3.8, 4) is 5.75 Å². The molecule has 122 valence electrons. The molecule has 7 heteroatoms. The normalized spacial score (nSPS) is 21.5. The average molecular weight is 385 g/mol. The van der Waals surface area contributed by atoms with Crippen LogP contribution in [0.3, 0.4) is 0 Å². The highest BCUT2D eigenvalue weighted by Crippen LogP contribution is 2.38. The lowest BCUT2D eigenvalue weighted by Gasteiger charge is -2.27. The number of alkyl halides is 1. The van der Waals surface area contributed by atoms with E-state index in [1.54, 1.807) is 0 Å². The molecule has 1 saturated carbocycles. The molecule has 0 N–H and O–H groups in total. The Morgan fingerprint density at radius 1 is 1.05 bits per heavy atom. The van der Waals surface area contributed by atoms with E-state index in [0.717, 1.165) is 43.1 Å². The summed E-state index contributed by atoms with van der Waals surface area (Å²) < 4.78 is 68.1. The monoisotopic (exact) mass is 384 g/mol. The Kier molecular flexibility index (Phi) is 5.83. The highest BCUT2D eigenvalue weighted by Gasteiger charge is 2.25. The van der Waals surface area contributed by atoms with Gasteiger partial charge in [0, 0.05) is 5.33 Å². The van der Waals surface area contributed by atoms with Crippen LogP contribution in [-0.2, 0) is 0 Å². The number of ether oxygens (including phenoxy) is 1. The van der Waals surface area contributed by atoms with Crippen LogP contribution in [0.25, 0.3) is 0 Å². The van der Waals surface area contributed by atoms with Gasteiger partial charge in [-0.25, -0.2) is 8.78 Å². The largest absolute Gasteiger partial charge is 0.422 e. The first-order chi connectivity index (χ1) is 10.4. The van der Waals surface area contributed by atoms with Crippen LogP contribution in [0, 0.1) is 17.6 Å². The van der Waals surface area contributed by atoms with E-state index in [-0.39, 0.29) is 5.92 Å². The zero-order chi connectivity index (χ0) is 16.3. The lowest BCUT2D eigenvalue weighted by molar-refractivity contribution is 0.226. The van der Waals surface area contributed by atoms with E-state index in [9.17, 15) is 22.0 Å². The molecule has 1 aliphatic rings. The van der Waals surface area contributed by atoms with E-state index in [4.69, 9.17) is 0 Å². The zero-order valence-electron chi connectivity index (χ0n) is 11.5. The third-order valence-corrected chi connectivity index (χ3v) is 4.81. The van der Waals surface area contributed by atoms with Gasteiger partial charge in [-0.3, -0.25) is 0 Å². The van der Waals surface area contributed by atoms with Gasteiger partial charge in [-0.1, -0.05) is 15.9 Å². The molecule has 0 spiro atoms. The van der Waals surface area contributed by atoms with Gasteiger partial charge in [0.2, 0.25) is 5.75 Å². The summed E-state index contributed by atoms with van der Waals surface area (Å²) in [5.74, 6) is -2.96. The highest BCUT2D eigenvalue weighted by molar-refractivity contribution is 9.09. The van der Waals surface area contributed by atoms with E-state index in [2.05, 4.69) is 20.7 Å². The fraction of sp³-hybridized carbons (Fsp3) is 0.467. The van der Waals surface area contributed by atoms with Crippen molar-refractivity contribution in [2.24, 2.45) is 5.92 Å². The van der Waals surface area contributed by atoms with Gasteiger partial charge in [-0.05, 0) is 55.2 Å². The van der Waals surface area contributed by atoms with E-state index in [0.29, 0.717) is 11.5 Å². The maximum atomic E-state index is 13.8. The molecule has 0 radical (unpaired) electrons. The second kappa shape index (κ2) is 7.44. The van der Waals surface area contributed by atoms with Crippen molar-refractivity contribution in [2.45, 2.75) is 31.6 Å². The molecular formula is C15H14BrF5O. The van der Waals surface area contributed by atoms with Crippen LogP contribution in [0.15, 0.2) is 24.2 Å². The van der Waals surface area contributed by atoms with Gasteiger partial charge in [0.15, 0.2) is 11.6 Å². The minimum absolute atomic E-state index is 0.00616. The smallest absolute Gasteiger partial charge is 0.344 e. The molecule has 0 heterocycles. The van der Waals surface area contributed by atoms with Crippen LogP contribution >= 0.6 is 15.9 Å². The fourth-order valence-electron chi connectivity index (χ4n) is 2.69. The van der Waals surface area contributed by atoms with Crippen molar-refractivity contribution in [3.63, 3.8) is 0 Å². The Hall–Kier alpha value is -1.11. The number of rotatable bonds is 4. The topological polar surface area (TPSA) is 9.23 Å². The third-order valence-electron chi connectivity index (χ3n) is 3.90. The first kappa shape index (κ1) is 17.2. The molecule has 0 bridgehead atoms. The molecule has 1 aliphatic carbocycles. The Labute approximate surface area is 133 Å². The van der Waals surface area contributed by atoms with Crippen LogP contribution in [0.4, 0.5) is 22.0 Å². The quantitative estimate of drug-likeness (QED) is 0.349. The fourth-order valence-corrected chi connectivity index (χ4v) is 3.34. The zero-order valence-corrected chi connectivity index (χ0v) is 13.1. The van der Waals surface area contributed by atoms with Crippen molar-refractivity contribution in [1.82, 2.24) is 0 Å². The Balaban J connectivity index is 2.18. The van der Waals surface area contributed by atoms with Crippen LogP contribution < -0.4 is 4.74 Å². The molecule has 0 aromatic heterocycles. The highest BCUT2D eigenvalue weighted by atomic mass is 79.9. The lowest BCUT2D eigenvalue weighted by atomic mass is 9.79. The molecule has 0 atom stereocenters. The summed E-state index contributed by atoms with van der Waals surface area (Å²) in [5, 5.41) is 0.898. The average Bonchev–Trinajstić information content (AvgIpc) is 2.50. The van der Waals surface area contributed by atoms with Gasteiger partial charge in [-0.15, -0.1) is 0 Å². The van der Waals surface area contributed by atoms with Gasteiger partial charge in [0.05, 0.1) is 0 Å². The van der Waals surface area contributed by atoms with Crippen LogP contribution in [0.2, 0.25) is 0 Å². The summed E-state index contributed by atoms with van der Waals surface area (Å²) in [5.41, 5.74) is 0.445. The van der Waals surface area contributed by atoms with Crippen LogP contribution in [-0.4, -0.2) is 5.33 Å². The van der Waals surface area contributed by atoms with Gasteiger partial charge in [0.1, 0.15) is 0 Å². The predicted molar refractivity (Wildman–Crippen MR) is 75.8 cm³/mol. The van der Waals surface area contributed by atoms with Gasteiger partial charge >= 0.3 is 12.1 Å². The number of halogens is 6. The first-order valence-electron chi connectivity index (χ1n) is 6.86. The molecule has 2 rings (SSSR count). The Morgan fingerprint density at radius 2 is 1.59 bits per heavy atom. The molecular weight excluding hydrogens is 371 g/mol. The molecule has 22 heavy (non-hydrogen) atoms. The van der Waals surface area contributed by atoms with Crippen LogP contribution in [0.1, 0.15) is 37.2 Å². The number of hydrogen-bond donors (Lipinski definition) is 0. The molecule has 1 nitrogen and oxygen atoms in total. The van der Waals surface area contributed by atoms with Crippen molar-refractivity contribution in [2.75, 3.05) is 5.33 Å². The molecule has 0 unspecified atom stereocenters. The van der Waals surface area contributed by atoms with E-state index >= 15 is 0 Å². The van der Waals surface area contributed by atoms with Gasteiger partial charge in [-0.2, -0.15) is 13.2 Å². The minimum atomic E-state index is -2.77. The molecule has 1 aromatic carbocycles. The molecule has 0 aliphatic heterocycles. The molecule has 0 amide bonds. The van der Waals surface area contributed by atoms with E-state index < -0.39 is 29.5 Å². The molecule has 1 fully saturated rings. The lowest BCUT2D eigenvalue weighted by Crippen LogP contribution is -2.14. The molecule has 1 aromatic rings. The predicted octanol–water partition coefficient (Wildman–Crippen LogP) is 6.05. The summed E-state index contributed by atoms with van der Waals surface area (Å²) in [4.78, 5) is 0. The molecule has 0 saturated heterocycles. The second-order valence-electron chi connectivity index (χ2n) is 5.32. The summed E-state index contributed by atoms with van der Waals surface area (Å²) in [6.07, 6.45) is 0.714.